The van der Waals surface area contributed by atoms with Gasteiger partial charge in [-0.3, -0.25) is 9.59 Å². The Hall–Kier alpha value is -3.15. The number of carbonyl (C=O) groups excluding carboxylic acids is 3. The highest BCUT2D eigenvalue weighted by Crippen LogP contribution is 2.65. The van der Waals surface area contributed by atoms with E-state index in [-0.39, 0.29) is 56.2 Å². The number of phenolic OH excluding ortho intramolecular Hbond substituents is 1. The third-order valence-electron chi connectivity index (χ3n) is 9.38. The fourth-order valence-corrected chi connectivity index (χ4v) is 7.13. The van der Waals surface area contributed by atoms with Gasteiger partial charge in [0.2, 0.25) is 5.91 Å². The molecule has 5 N–H and O–H groups in total. The Balaban J connectivity index is 0.00000405. The second-order valence-electron chi connectivity index (χ2n) is 11.9. The summed E-state index contributed by atoms with van der Waals surface area (Å²) in [5.41, 5.74) is 5.25. The van der Waals surface area contributed by atoms with Gasteiger partial charge in [0.25, 0.3) is 0 Å². The van der Waals surface area contributed by atoms with Gasteiger partial charge in [0.05, 0.1) is 17.4 Å². The van der Waals surface area contributed by atoms with Crippen LogP contribution in [-0.4, -0.2) is 83.5 Å². The van der Waals surface area contributed by atoms with E-state index in [4.69, 9.17) is 19.9 Å². The molecule has 1 fully saturated rings. The van der Waals surface area contributed by atoms with Crippen molar-refractivity contribution in [2.75, 3.05) is 26.7 Å². The van der Waals surface area contributed by atoms with Crippen LogP contribution in [0.4, 0.5) is 0 Å². The molecule has 2 aliphatic heterocycles. The summed E-state index contributed by atoms with van der Waals surface area (Å²) in [6.07, 6.45) is 3.45. The van der Waals surface area contributed by atoms with Crippen molar-refractivity contribution in [2.45, 2.75) is 95.5 Å². The van der Waals surface area contributed by atoms with Crippen molar-refractivity contribution >= 4 is 17.8 Å². The van der Waals surface area contributed by atoms with E-state index in [9.17, 15) is 24.6 Å². The Kier molecular flexibility index (Phi) is 9.25. The Morgan fingerprint density at radius 1 is 1.26 bits per heavy atom. The largest absolute Gasteiger partial charge is 0.504 e. The number of carbonyl (C=O) groups is 3. The number of aromatic hydroxyl groups is 1. The van der Waals surface area contributed by atoms with E-state index in [0.717, 1.165) is 30.4 Å². The standard InChI is InChI=1S/C30H41N3O8.CH4/c1-17(6-4-5-13-31)27(36)32-14-10-23(35)39-18(2)28(37)40-21-9-11-30(38)22-16-19-7-8-20(34)25-24(19)29(30,26(21)41-25)12-15-33(22)3;/h7-9,17-18,22,26,34,38H,4-6,10-16,31H2,1-3H3,(H,32,36);1H4/t17-,18-,22+,26-,29-,30+;/m0./s1. The van der Waals surface area contributed by atoms with Gasteiger partial charge >= 0.3 is 11.9 Å². The van der Waals surface area contributed by atoms with Crippen LogP contribution < -0.4 is 15.8 Å². The molecule has 2 heterocycles. The summed E-state index contributed by atoms with van der Waals surface area (Å²) in [6.45, 7) is 4.65. The van der Waals surface area contributed by atoms with E-state index in [1.165, 1.54) is 6.92 Å². The molecule has 4 aliphatic rings. The molecule has 0 aromatic heterocycles. The maximum atomic E-state index is 13.0. The van der Waals surface area contributed by atoms with Gasteiger partial charge in [-0.05, 0) is 70.5 Å². The summed E-state index contributed by atoms with van der Waals surface area (Å²) in [4.78, 5) is 39.8. The zero-order chi connectivity index (χ0) is 29.5. The first-order chi connectivity index (χ1) is 19.5. The minimum Gasteiger partial charge on any atom is -0.504 e. The fourth-order valence-electron chi connectivity index (χ4n) is 7.13. The third-order valence-corrected chi connectivity index (χ3v) is 9.38. The molecule has 2 bridgehead atoms. The van der Waals surface area contributed by atoms with Crippen LogP contribution in [0.2, 0.25) is 0 Å². The molecule has 232 valence electrons. The van der Waals surface area contributed by atoms with E-state index in [1.807, 2.05) is 20.0 Å². The van der Waals surface area contributed by atoms with Gasteiger partial charge in [-0.25, -0.2) is 4.79 Å². The molecular weight excluding hydrogens is 542 g/mol. The fraction of sp³-hybridized carbons (Fsp3) is 0.645. The summed E-state index contributed by atoms with van der Waals surface area (Å²) in [6, 6.07) is 3.32. The number of likely N-dealkylation sites (N-methyl/N-ethyl adjacent to an activating group) is 1. The Morgan fingerprint density at radius 2 is 2.02 bits per heavy atom. The van der Waals surface area contributed by atoms with Gasteiger partial charge in [-0.1, -0.05) is 26.8 Å². The number of ether oxygens (including phenoxy) is 3. The molecule has 1 aromatic rings. The SMILES string of the molecule is C.C[C@H](OC(=O)CCNC(=O)[C@@H](C)CCCCN)C(=O)OC1=CC[C@@]2(O)[C@H]3Cc4ccc(O)c5c4[C@@]2(CCN3C)[C@H]1O5. The molecule has 0 radical (unpaired) electrons. The number of amides is 1. The molecule has 11 heteroatoms. The molecule has 1 saturated heterocycles. The van der Waals surface area contributed by atoms with E-state index in [2.05, 4.69) is 10.2 Å². The molecule has 1 aromatic carbocycles. The van der Waals surface area contributed by atoms with Gasteiger partial charge in [-0.15, -0.1) is 0 Å². The minimum absolute atomic E-state index is 0. The van der Waals surface area contributed by atoms with E-state index < -0.39 is 35.2 Å². The van der Waals surface area contributed by atoms with Gasteiger partial charge < -0.3 is 40.4 Å². The highest BCUT2D eigenvalue weighted by atomic mass is 16.6. The van der Waals surface area contributed by atoms with Crippen LogP contribution in [0.25, 0.3) is 0 Å². The number of piperidine rings is 1. The van der Waals surface area contributed by atoms with Crippen LogP contribution in [0.15, 0.2) is 24.0 Å². The van der Waals surface area contributed by atoms with Gasteiger partial charge in [0.1, 0.15) is 5.76 Å². The summed E-state index contributed by atoms with van der Waals surface area (Å²) < 4.78 is 17.3. The summed E-state index contributed by atoms with van der Waals surface area (Å²) >= 11 is 0. The maximum absolute atomic E-state index is 13.0. The van der Waals surface area contributed by atoms with E-state index in [0.29, 0.717) is 31.7 Å². The predicted molar refractivity (Wildman–Crippen MR) is 155 cm³/mol. The smallest absolute Gasteiger partial charge is 0.352 e. The predicted octanol–water partition coefficient (Wildman–Crippen LogP) is 2.05. The quantitative estimate of drug-likeness (QED) is 0.223. The number of phenols is 1. The summed E-state index contributed by atoms with van der Waals surface area (Å²) in [5, 5.41) is 25.5. The number of nitrogens with two attached hydrogens (primary N) is 1. The van der Waals surface area contributed by atoms with Crippen molar-refractivity contribution in [2.24, 2.45) is 11.7 Å². The number of hydrogen-bond donors (Lipinski definition) is 4. The third kappa shape index (κ3) is 5.16. The molecule has 1 spiro atoms. The van der Waals surface area contributed by atoms with E-state index in [1.54, 1.807) is 12.1 Å². The van der Waals surface area contributed by atoms with Gasteiger partial charge in [-0.2, -0.15) is 0 Å². The lowest BCUT2D eigenvalue weighted by molar-refractivity contribution is -0.175. The first-order valence-corrected chi connectivity index (χ1v) is 14.6. The lowest BCUT2D eigenvalue weighted by atomic mass is 9.50. The first-order valence-electron chi connectivity index (χ1n) is 14.6. The zero-order valence-corrected chi connectivity index (χ0v) is 24.0. The van der Waals surface area contributed by atoms with Crippen LogP contribution in [0, 0.1) is 5.92 Å². The average Bonchev–Trinajstić information content (AvgIpc) is 3.29. The lowest BCUT2D eigenvalue weighted by Gasteiger charge is -2.61. The molecule has 1 amide bonds. The molecule has 6 atom stereocenters. The van der Waals surface area contributed by atoms with Crippen LogP contribution >= 0.6 is 0 Å². The number of esters is 2. The number of hydrogen-bond acceptors (Lipinski definition) is 10. The number of nitrogens with zero attached hydrogens (tertiary/aromatic N) is 1. The van der Waals surface area contributed by atoms with Gasteiger partial charge in [0.15, 0.2) is 23.7 Å². The van der Waals surface area contributed by atoms with Crippen molar-refractivity contribution in [3.8, 4) is 11.5 Å². The van der Waals surface area contributed by atoms with Crippen LogP contribution in [0.3, 0.4) is 0 Å². The van der Waals surface area contributed by atoms with E-state index >= 15 is 0 Å². The van der Waals surface area contributed by atoms with Crippen LogP contribution in [0.5, 0.6) is 11.5 Å². The highest BCUT2D eigenvalue weighted by molar-refractivity contribution is 5.81. The second kappa shape index (κ2) is 12.2. The molecular formula is C31H45N3O8. The molecule has 42 heavy (non-hydrogen) atoms. The number of likely N-dealkylation sites (tertiary alicyclic amines) is 1. The number of benzene rings is 1. The summed E-state index contributed by atoms with van der Waals surface area (Å²) in [7, 11) is 2.00. The molecule has 11 nitrogen and oxygen atoms in total. The van der Waals surface area contributed by atoms with Crippen molar-refractivity contribution in [3.63, 3.8) is 0 Å². The molecule has 0 unspecified atom stereocenters. The lowest BCUT2D eigenvalue weighted by Crippen LogP contribution is -2.74. The molecule has 0 saturated carbocycles. The van der Waals surface area contributed by atoms with Gasteiger partial charge in [0, 0.05) is 30.5 Å². The van der Waals surface area contributed by atoms with Crippen molar-refractivity contribution in [1.82, 2.24) is 10.2 Å². The second-order valence-corrected chi connectivity index (χ2v) is 11.9. The monoisotopic (exact) mass is 587 g/mol. The highest BCUT2D eigenvalue weighted by Gasteiger charge is 2.72. The number of rotatable bonds is 11. The first kappa shape index (κ1) is 31.8. The Labute approximate surface area is 247 Å². The maximum Gasteiger partial charge on any atom is 0.352 e. The zero-order valence-electron chi connectivity index (χ0n) is 24.0. The number of nitrogens with one attached hydrogen (secondary N) is 1. The van der Waals surface area contributed by atoms with Crippen LogP contribution in [-0.2, 0) is 35.7 Å². The number of aliphatic hydroxyl groups is 1. The number of unbranched alkanes of at least 4 members (excludes halogenated alkanes) is 1. The Bertz CT molecular complexity index is 1250. The summed E-state index contributed by atoms with van der Waals surface area (Å²) in [5.74, 6) is -1.18. The topological polar surface area (TPSA) is 161 Å². The normalized spacial score (nSPS) is 28.3. The molecule has 5 rings (SSSR count). The average molecular weight is 588 g/mol. The molecule has 2 aliphatic carbocycles. The van der Waals surface area contributed by atoms with Crippen molar-refractivity contribution in [1.29, 1.82) is 0 Å². The minimum atomic E-state index is -1.20. The van der Waals surface area contributed by atoms with Crippen molar-refractivity contribution < 1.29 is 38.8 Å². The van der Waals surface area contributed by atoms with Crippen molar-refractivity contribution in [3.05, 3.63) is 35.1 Å². The van der Waals surface area contributed by atoms with Crippen LogP contribution in [0.1, 0.15) is 70.9 Å². The Morgan fingerprint density at radius 3 is 2.76 bits per heavy atom.